The minimum Gasteiger partial charge on any atom is -0.407 e. The summed E-state index contributed by atoms with van der Waals surface area (Å²) >= 11 is 0. The fourth-order valence-electron chi connectivity index (χ4n) is 1.83. The van der Waals surface area contributed by atoms with Crippen LogP contribution in [0.3, 0.4) is 0 Å². The van der Waals surface area contributed by atoms with E-state index in [2.05, 4.69) is 27.3 Å². The van der Waals surface area contributed by atoms with Crippen molar-refractivity contribution in [3.05, 3.63) is 5.89 Å². The molecule has 0 radical (unpaired) electrons. The van der Waals surface area contributed by atoms with Crippen LogP contribution in [0.1, 0.15) is 19.2 Å². The fraction of sp³-hybridized carbons (Fsp3) is 0.800. The van der Waals surface area contributed by atoms with E-state index in [9.17, 15) is 0 Å². The van der Waals surface area contributed by atoms with Crippen molar-refractivity contribution in [2.45, 2.75) is 25.9 Å². The van der Waals surface area contributed by atoms with E-state index in [-0.39, 0.29) is 0 Å². The Labute approximate surface area is 95.0 Å². The van der Waals surface area contributed by atoms with E-state index in [1.807, 2.05) is 7.05 Å². The highest BCUT2D eigenvalue weighted by Crippen LogP contribution is 2.19. The van der Waals surface area contributed by atoms with Crippen molar-refractivity contribution in [3.8, 4) is 0 Å². The maximum atomic E-state index is 5.58. The van der Waals surface area contributed by atoms with E-state index in [0.29, 0.717) is 24.5 Å². The minimum absolute atomic E-state index is 0.344. The lowest BCUT2D eigenvalue weighted by molar-refractivity contribution is 0.0899. The first-order valence-electron chi connectivity index (χ1n) is 5.66. The van der Waals surface area contributed by atoms with Crippen LogP contribution >= 0.6 is 0 Å². The van der Waals surface area contributed by atoms with Gasteiger partial charge in [-0.15, -0.1) is 5.10 Å². The molecule has 1 aromatic heterocycles. The van der Waals surface area contributed by atoms with Crippen LogP contribution in [0.5, 0.6) is 0 Å². The smallest absolute Gasteiger partial charge is 0.318 e. The van der Waals surface area contributed by atoms with Gasteiger partial charge in [0, 0.05) is 6.54 Å². The van der Waals surface area contributed by atoms with Gasteiger partial charge in [0.15, 0.2) is 0 Å². The van der Waals surface area contributed by atoms with Crippen LogP contribution in [-0.4, -0.2) is 43.0 Å². The van der Waals surface area contributed by atoms with E-state index in [1.165, 1.54) is 0 Å². The normalized spacial score (nSPS) is 21.4. The average Bonchev–Trinajstić information content (AvgIpc) is 2.78. The third-order valence-electron chi connectivity index (χ3n) is 2.73. The van der Waals surface area contributed by atoms with E-state index in [0.717, 1.165) is 26.2 Å². The highest BCUT2D eigenvalue weighted by Gasteiger charge is 2.25. The summed E-state index contributed by atoms with van der Waals surface area (Å²) in [6.45, 7) is 5.02. The third kappa shape index (κ3) is 2.33. The summed E-state index contributed by atoms with van der Waals surface area (Å²) in [5.41, 5.74) is 0. The summed E-state index contributed by atoms with van der Waals surface area (Å²) in [5, 5.41) is 11.0. The molecule has 0 aliphatic carbocycles. The molecule has 2 heterocycles. The van der Waals surface area contributed by atoms with Crippen molar-refractivity contribution in [2.75, 3.05) is 31.7 Å². The molecule has 6 nitrogen and oxygen atoms in total. The molecular weight excluding hydrogens is 208 g/mol. The van der Waals surface area contributed by atoms with E-state index < -0.39 is 0 Å². The van der Waals surface area contributed by atoms with Crippen LogP contribution in [-0.2, 0) is 11.3 Å². The van der Waals surface area contributed by atoms with Gasteiger partial charge in [-0.2, -0.15) is 0 Å². The zero-order valence-corrected chi connectivity index (χ0v) is 9.77. The predicted molar refractivity (Wildman–Crippen MR) is 59.3 cm³/mol. The van der Waals surface area contributed by atoms with Crippen LogP contribution in [0.15, 0.2) is 4.42 Å². The van der Waals surface area contributed by atoms with E-state index in [4.69, 9.17) is 9.15 Å². The van der Waals surface area contributed by atoms with Crippen molar-refractivity contribution >= 4 is 6.01 Å². The molecule has 16 heavy (non-hydrogen) atoms. The third-order valence-corrected chi connectivity index (χ3v) is 2.73. The second-order valence-corrected chi connectivity index (χ2v) is 3.84. The molecule has 1 atom stereocenters. The summed E-state index contributed by atoms with van der Waals surface area (Å²) in [5.74, 6) is 0.624. The summed E-state index contributed by atoms with van der Waals surface area (Å²) in [4.78, 5) is 2.13. The summed E-state index contributed by atoms with van der Waals surface area (Å²) in [7, 11) is 1.85. The lowest BCUT2D eigenvalue weighted by Gasteiger charge is -2.33. The molecule has 1 saturated heterocycles. The van der Waals surface area contributed by atoms with Gasteiger partial charge in [-0.25, -0.2) is 0 Å². The van der Waals surface area contributed by atoms with Gasteiger partial charge in [0.1, 0.15) is 0 Å². The van der Waals surface area contributed by atoms with Crippen LogP contribution in [0, 0.1) is 0 Å². The number of aromatic nitrogens is 2. The first-order valence-corrected chi connectivity index (χ1v) is 5.66. The maximum Gasteiger partial charge on any atom is 0.318 e. The number of hydrogen-bond donors (Lipinski definition) is 1. The first kappa shape index (κ1) is 11.3. The predicted octanol–water partition coefficient (Wildman–Crippen LogP) is 0.404. The van der Waals surface area contributed by atoms with Gasteiger partial charge < -0.3 is 19.4 Å². The lowest BCUT2D eigenvalue weighted by Crippen LogP contribution is -2.45. The zero-order valence-electron chi connectivity index (χ0n) is 9.77. The Bertz CT molecular complexity index is 328. The van der Waals surface area contributed by atoms with Gasteiger partial charge in [-0.05, 0) is 13.5 Å². The molecule has 6 heteroatoms. The number of nitrogens with one attached hydrogen (secondary N) is 1. The second-order valence-electron chi connectivity index (χ2n) is 3.84. The summed E-state index contributed by atoms with van der Waals surface area (Å²) < 4.78 is 11.0. The van der Waals surface area contributed by atoms with Crippen LogP contribution in [0.2, 0.25) is 0 Å². The van der Waals surface area contributed by atoms with Gasteiger partial charge in [-0.3, -0.25) is 0 Å². The topological polar surface area (TPSA) is 63.4 Å². The average molecular weight is 226 g/mol. The molecule has 1 aliphatic heterocycles. The molecule has 1 N–H and O–H groups in total. The molecule has 1 fully saturated rings. The molecular formula is C10H18N4O2. The molecule has 0 spiro atoms. The van der Waals surface area contributed by atoms with Crippen LogP contribution in [0.25, 0.3) is 0 Å². The lowest BCUT2D eigenvalue weighted by atomic mass is 10.2. The van der Waals surface area contributed by atoms with Crippen molar-refractivity contribution in [1.82, 2.24) is 15.5 Å². The maximum absolute atomic E-state index is 5.58. The van der Waals surface area contributed by atoms with Crippen molar-refractivity contribution in [1.29, 1.82) is 0 Å². The quantitative estimate of drug-likeness (QED) is 0.802. The van der Waals surface area contributed by atoms with Crippen LogP contribution in [0.4, 0.5) is 6.01 Å². The Hall–Kier alpha value is -1.14. The highest BCUT2D eigenvalue weighted by molar-refractivity contribution is 5.27. The number of anilines is 1. The van der Waals surface area contributed by atoms with Crippen molar-refractivity contribution in [3.63, 3.8) is 0 Å². The van der Waals surface area contributed by atoms with Gasteiger partial charge in [-0.1, -0.05) is 12.0 Å². The first-order chi connectivity index (χ1) is 7.85. The largest absolute Gasteiger partial charge is 0.407 e. The molecule has 0 bridgehead atoms. The highest BCUT2D eigenvalue weighted by atomic mass is 16.5. The van der Waals surface area contributed by atoms with Crippen LogP contribution < -0.4 is 10.2 Å². The number of ether oxygens (including phenoxy) is 1. The Morgan fingerprint density at radius 1 is 1.50 bits per heavy atom. The van der Waals surface area contributed by atoms with Gasteiger partial charge >= 0.3 is 6.01 Å². The molecule has 0 amide bonds. The SMILES string of the molecule is CCC1COCCN1c1nnc(CNC)o1. The van der Waals surface area contributed by atoms with Gasteiger partial charge in [0.05, 0.1) is 25.8 Å². The van der Waals surface area contributed by atoms with Crippen molar-refractivity contribution in [2.24, 2.45) is 0 Å². The Morgan fingerprint density at radius 3 is 3.12 bits per heavy atom. The summed E-state index contributed by atoms with van der Waals surface area (Å²) in [6, 6.07) is 0.956. The van der Waals surface area contributed by atoms with E-state index in [1.54, 1.807) is 0 Å². The Balaban J connectivity index is 2.08. The second kappa shape index (κ2) is 5.27. The number of morpholine rings is 1. The Kier molecular flexibility index (Phi) is 3.74. The number of rotatable bonds is 4. The number of hydrogen-bond acceptors (Lipinski definition) is 6. The number of nitrogens with zero attached hydrogens (tertiary/aromatic N) is 3. The monoisotopic (exact) mass is 226 g/mol. The zero-order chi connectivity index (χ0) is 11.4. The van der Waals surface area contributed by atoms with Crippen molar-refractivity contribution < 1.29 is 9.15 Å². The molecule has 0 saturated carbocycles. The summed E-state index contributed by atoms with van der Waals surface area (Å²) in [6.07, 6.45) is 1.02. The molecule has 1 aliphatic rings. The molecule has 0 aromatic carbocycles. The molecule has 1 unspecified atom stereocenters. The minimum atomic E-state index is 0.344. The molecule has 2 rings (SSSR count). The Morgan fingerprint density at radius 2 is 2.38 bits per heavy atom. The van der Waals surface area contributed by atoms with Gasteiger partial charge in [0.2, 0.25) is 5.89 Å². The van der Waals surface area contributed by atoms with Gasteiger partial charge in [0.25, 0.3) is 0 Å². The van der Waals surface area contributed by atoms with E-state index >= 15 is 0 Å². The standard InChI is InChI=1S/C10H18N4O2/c1-3-8-7-15-5-4-14(8)10-13-12-9(16-10)6-11-2/h8,11H,3-7H2,1-2H3. The molecule has 90 valence electrons. The molecule has 1 aromatic rings. The fourth-order valence-corrected chi connectivity index (χ4v) is 1.83.